The number of carbonyl (C=O) groups excluding carboxylic acids is 2. The third-order valence-electron chi connectivity index (χ3n) is 5.73. The zero-order valence-corrected chi connectivity index (χ0v) is 20.0. The minimum atomic E-state index is -3.92. The summed E-state index contributed by atoms with van der Waals surface area (Å²) in [6.45, 7) is 4.33. The van der Waals surface area contributed by atoms with Gasteiger partial charge in [-0.05, 0) is 55.2 Å². The van der Waals surface area contributed by atoms with Crippen molar-refractivity contribution in [3.63, 3.8) is 0 Å². The molecule has 2 amide bonds. The molecule has 2 aromatic carbocycles. The SMILES string of the molecule is COc1ccc(S(=O)(=O)N[C@@H](C(=O)N2CCC[C@@H](C(=O)Nc3ccccc3)C2)C(C)C)cc1. The van der Waals surface area contributed by atoms with Crippen LogP contribution in [0.25, 0.3) is 0 Å². The summed E-state index contributed by atoms with van der Waals surface area (Å²) in [7, 11) is -2.41. The summed E-state index contributed by atoms with van der Waals surface area (Å²) in [6, 6.07) is 14.2. The lowest BCUT2D eigenvalue weighted by Gasteiger charge is -2.35. The Hall–Kier alpha value is -2.91. The molecule has 0 saturated carbocycles. The molecule has 8 nitrogen and oxygen atoms in total. The molecule has 1 saturated heterocycles. The molecule has 0 aliphatic carbocycles. The summed E-state index contributed by atoms with van der Waals surface area (Å²) >= 11 is 0. The molecule has 1 aliphatic heterocycles. The van der Waals surface area contributed by atoms with Crippen molar-refractivity contribution >= 4 is 27.5 Å². The number of anilines is 1. The van der Waals surface area contributed by atoms with Gasteiger partial charge in [-0.15, -0.1) is 0 Å². The highest BCUT2D eigenvalue weighted by molar-refractivity contribution is 7.89. The van der Waals surface area contributed by atoms with Crippen molar-refractivity contribution in [2.45, 2.75) is 37.6 Å². The van der Waals surface area contributed by atoms with Gasteiger partial charge in [-0.3, -0.25) is 9.59 Å². The first-order valence-electron chi connectivity index (χ1n) is 11.0. The largest absolute Gasteiger partial charge is 0.497 e. The van der Waals surface area contributed by atoms with Crippen LogP contribution < -0.4 is 14.8 Å². The summed E-state index contributed by atoms with van der Waals surface area (Å²) in [4.78, 5) is 27.7. The second-order valence-electron chi connectivity index (χ2n) is 8.50. The smallest absolute Gasteiger partial charge is 0.241 e. The Morgan fingerprint density at radius 3 is 2.33 bits per heavy atom. The molecule has 33 heavy (non-hydrogen) atoms. The van der Waals surface area contributed by atoms with Crippen LogP contribution in [0.4, 0.5) is 5.69 Å². The molecule has 0 spiro atoms. The Kier molecular flexibility index (Phi) is 8.10. The molecule has 0 bridgehead atoms. The number of piperidine rings is 1. The molecular formula is C24H31N3O5S. The van der Waals surface area contributed by atoms with Crippen LogP contribution in [0.3, 0.4) is 0 Å². The molecule has 0 radical (unpaired) electrons. The normalized spacial score (nSPS) is 17.5. The number of amides is 2. The van der Waals surface area contributed by atoms with Crippen LogP contribution in [-0.2, 0) is 19.6 Å². The zero-order chi connectivity index (χ0) is 24.0. The lowest BCUT2D eigenvalue weighted by Crippen LogP contribution is -2.54. The molecule has 2 aromatic rings. The van der Waals surface area contributed by atoms with Gasteiger partial charge >= 0.3 is 0 Å². The number of rotatable bonds is 8. The van der Waals surface area contributed by atoms with Crippen LogP contribution in [0.15, 0.2) is 59.5 Å². The molecule has 9 heteroatoms. The molecule has 0 aromatic heterocycles. The highest BCUT2D eigenvalue weighted by atomic mass is 32.2. The third kappa shape index (κ3) is 6.33. The molecule has 2 N–H and O–H groups in total. The fourth-order valence-electron chi connectivity index (χ4n) is 3.82. The Balaban J connectivity index is 1.69. The van der Waals surface area contributed by atoms with Gasteiger partial charge in [-0.1, -0.05) is 32.0 Å². The number of methoxy groups -OCH3 is 1. The maximum absolute atomic E-state index is 13.3. The molecular weight excluding hydrogens is 442 g/mol. The van der Waals surface area contributed by atoms with Gasteiger partial charge in [0.15, 0.2) is 0 Å². The highest BCUT2D eigenvalue weighted by Crippen LogP contribution is 2.22. The number of carbonyl (C=O) groups is 2. The molecule has 1 fully saturated rings. The third-order valence-corrected chi connectivity index (χ3v) is 7.19. The van der Waals surface area contributed by atoms with E-state index in [0.29, 0.717) is 30.8 Å². The van der Waals surface area contributed by atoms with E-state index in [1.165, 1.54) is 19.2 Å². The van der Waals surface area contributed by atoms with Crippen LogP contribution in [0.5, 0.6) is 5.75 Å². The lowest BCUT2D eigenvalue weighted by atomic mass is 9.95. The van der Waals surface area contributed by atoms with Crippen molar-refractivity contribution in [1.82, 2.24) is 9.62 Å². The first-order valence-corrected chi connectivity index (χ1v) is 12.5. The standard InChI is InChI=1S/C24H31N3O5S/c1-17(2)22(26-33(30,31)21-13-11-20(32-3)12-14-21)24(29)27-15-7-8-18(16-27)23(28)25-19-9-5-4-6-10-19/h4-6,9-14,17-18,22,26H,7-8,15-16H2,1-3H3,(H,25,28)/t18-,22-/m1/s1. The number of hydrogen-bond donors (Lipinski definition) is 2. The van der Waals surface area contributed by atoms with Gasteiger partial charge in [0, 0.05) is 18.8 Å². The number of benzene rings is 2. The molecule has 2 atom stereocenters. The summed E-state index contributed by atoms with van der Waals surface area (Å²) in [5, 5.41) is 2.89. The van der Waals surface area contributed by atoms with Gasteiger partial charge in [0.25, 0.3) is 0 Å². The fourth-order valence-corrected chi connectivity index (χ4v) is 5.15. The molecule has 3 rings (SSSR count). The van der Waals surface area contributed by atoms with E-state index in [9.17, 15) is 18.0 Å². The van der Waals surface area contributed by atoms with Crippen molar-refractivity contribution in [3.05, 3.63) is 54.6 Å². The van der Waals surface area contributed by atoms with E-state index in [1.54, 1.807) is 30.9 Å². The first-order chi connectivity index (χ1) is 15.7. The van der Waals surface area contributed by atoms with Crippen LogP contribution in [0.1, 0.15) is 26.7 Å². The van der Waals surface area contributed by atoms with Crippen LogP contribution >= 0.6 is 0 Å². The second-order valence-corrected chi connectivity index (χ2v) is 10.2. The number of para-hydroxylation sites is 1. The van der Waals surface area contributed by atoms with Crippen molar-refractivity contribution < 1.29 is 22.7 Å². The van der Waals surface area contributed by atoms with Gasteiger partial charge in [0.1, 0.15) is 11.8 Å². The second kappa shape index (κ2) is 10.8. The lowest BCUT2D eigenvalue weighted by molar-refractivity contribution is -0.137. The van der Waals surface area contributed by atoms with Gasteiger partial charge in [-0.2, -0.15) is 4.72 Å². The summed E-state index contributed by atoms with van der Waals surface area (Å²) in [6.07, 6.45) is 1.35. The van der Waals surface area contributed by atoms with E-state index in [1.807, 2.05) is 30.3 Å². The van der Waals surface area contributed by atoms with Crippen LogP contribution in [0, 0.1) is 11.8 Å². The predicted octanol–water partition coefficient (Wildman–Crippen LogP) is 2.88. The fraction of sp³-hybridized carbons (Fsp3) is 0.417. The molecule has 1 aliphatic rings. The molecule has 178 valence electrons. The Labute approximate surface area is 195 Å². The topological polar surface area (TPSA) is 105 Å². The Morgan fingerprint density at radius 2 is 1.73 bits per heavy atom. The van der Waals surface area contributed by atoms with Crippen molar-refractivity contribution in [1.29, 1.82) is 0 Å². The van der Waals surface area contributed by atoms with E-state index in [0.717, 1.165) is 0 Å². The maximum atomic E-state index is 13.3. The van der Waals surface area contributed by atoms with Gasteiger partial charge in [-0.25, -0.2) is 8.42 Å². The summed E-state index contributed by atoms with van der Waals surface area (Å²) in [5.41, 5.74) is 0.707. The predicted molar refractivity (Wildman–Crippen MR) is 126 cm³/mol. The van der Waals surface area contributed by atoms with E-state index in [-0.39, 0.29) is 35.1 Å². The Bertz CT molecular complexity index is 1060. The number of sulfonamides is 1. The number of nitrogens with one attached hydrogen (secondary N) is 2. The average molecular weight is 474 g/mol. The summed E-state index contributed by atoms with van der Waals surface area (Å²) in [5.74, 6) is -0.547. The van der Waals surface area contributed by atoms with E-state index in [2.05, 4.69) is 10.0 Å². The minimum absolute atomic E-state index is 0.0560. The minimum Gasteiger partial charge on any atom is -0.497 e. The first kappa shape index (κ1) is 24.7. The van der Waals surface area contributed by atoms with E-state index >= 15 is 0 Å². The number of hydrogen-bond acceptors (Lipinski definition) is 5. The van der Waals surface area contributed by atoms with Gasteiger partial charge in [0.2, 0.25) is 21.8 Å². The van der Waals surface area contributed by atoms with Crippen molar-refractivity contribution in [3.8, 4) is 5.75 Å². The Morgan fingerprint density at radius 1 is 1.06 bits per heavy atom. The van der Waals surface area contributed by atoms with E-state index < -0.39 is 16.1 Å². The number of likely N-dealkylation sites (tertiary alicyclic amines) is 1. The monoisotopic (exact) mass is 473 g/mol. The van der Waals surface area contributed by atoms with Gasteiger partial charge < -0.3 is 15.0 Å². The average Bonchev–Trinajstić information content (AvgIpc) is 2.82. The molecule has 1 heterocycles. The number of ether oxygens (including phenoxy) is 1. The van der Waals surface area contributed by atoms with Crippen molar-refractivity contribution in [2.24, 2.45) is 11.8 Å². The zero-order valence-electron chi connectivity index (χ0n) is 19.2. The van der Waals surface area contributed by atoms with Crippen LogP contribution in [0.2, 0.25) is 0 Å². The van der Waals surface area contributed by atoms with Crippen molar-refractivity contribution in [2.75, 3.05) is 25.5 Å². The van der Waals surface area contributed by atoms with E-state index in [4.69, 9.17) is 4.74 Å². The summed E-state index contributed by atoms with van der Waals surface area (Å²) < 4.78 is 33.5. The maximum Gasteiger partial charge on any atom is 0.241 e. The van der Waals surface area contributed by atoms with Crippen LogP contribution in [-0.4, -0.2) is 51.4 Å². The number of nitrogens with zero attached hydrogens (tertiary/aromatic N) is 1. The molecule has 0 unspecified atom stereocenters. The highest BCUT2D eigenvalue weighted by Gasteiger charge is 2.35. The van der Waals surface area contributed by atoms with Gasteiger partial charge in [0.05, 0.1) is 17.9 Å². The quantitative estimate of drug-likeness (QED) is 0.613.